The number of hydrogen-bond donors (Lipinski definition) is 0. The van der Waals surface area contributed by atoms with Crippen LogP contribution in [-0.2, 0) is 22.7 Å². The van der Waals surface area contributed by atoms with Crippen LogP contribution in [0.1, 0.15) is 16.7 Å². The summed E-state index contributed by atoms with van der Waals surface area (Å²) in [5.74, 6) is -1.13. The molecule has 0 radical (unpaired) electrons. The molecule has 0 saturated heterocycles. The zero-order valence-corrected chi connectivity index (χ0v) is 17.6. The number of halogens is 2. The third-order valence-electron chi connectivity index (χ3n) is 5.17. The van der Waals surface area contributed by atoms with Crippen molar-refractivity contribution in [3.63, 3.8) is 0 Å². The van der Waals surface area contributed by atoms with Gasteiger partial charge in [0.05, 0.1) is 12.1 Å². The molecule has 4 nitrogen and oxygen atoms in total. The molecule has 0 aliphatic carbocycles. The maximum absolute atomic E-state index is 13.4. The van der Waals surface area contributed by atoms with Crippen molar-refractivity contribution in [1.29, 1.82) is 0 Å². The lowest BCUT2D eigenvalue weighted by Crippen LogP contribution is -2.33. The largest absolute Gasteiger partial charge is 0.365 e. The highest BCUT2D eigenvalue weighted by Crippen LogP contribution is 2.33. The number of carbonyl (C=O) groups excluding carboxylic acids is 2. The second kappa shape index (κ2) is 8.74. The van der Waals surface area contributed by atoms with E-state index in [1.54, 1.807) is 48.3 Å². The van der Waals surface area contributed by atoms with Gasteiger partial charge in [-0.3, -0.25) is 14.5 Å². The van der Waals surface area contributed by atoms with E-state index < -0.39 is 0 Å². The molecule has 31 heavy (non-hydrogen) atoms. The van der Waals surface area contributed by atoms with Crippen LogP contribution in [0.5, 0.6) is 0 Å². The van der Waals surface area contributed by atoms with Crippen LogP contribution in [-0.4, -0.2) is 28.7 Å². The Morgan fingerprint density at radius 2 is 1.48 bits per heavy atom. The van der Waals surface area contributed by atoms with Gasteiger partial charge < -0.3 is 4.90 Å². The number of rotatable bonds is 6. The molecule has 0 N–H and O–H groups in total. The van der Waals surface area contributed by atoms with E-state index in [0.29, 0.717) is 34.0 Å². The molecular formula is C25H20ClFN2O2. The van der Waals surface area contributed by atoms with Gasteiger partial charge in [0.2, 0.25) is 0 Å². The van der Waals surface area contributed by atoms with Crippen molar-refractivity contribution in [3.8, 4) is 0 Å². The van der Waals surface area contributed by atoms with E-state index in [4.69, 9.17) is 11.6 Å². The molecule has 1 heterocycles. The normalized spacial score (nSPS) is 13.8. The van der Waals surface area contributed by atoms with Gasteiger partial charge >= 0.3 is 0 Å². The lowest BCUT2D eigenvalue weighted by Gasteiger charge is -2.21. The number of amides is 2. The summed E-state index contributed by atoms with van der Waals surface area (Å²) >= 11 is 6.02. The van der Waals surface area contributed by atoms with Gasteiger partial charge in [-0.15, -0.1) is 0 Å². The van der Waals surface area contributed by atoms with Crippen LogP contribution in [0.15, 0.2) is 84.6 Å². The highest BCUT2D eigenvalue weighted by atomic mass is 35.5. The Morgan fingerprint density at radius 1 is 0.839 bits per heavy atom. The van der Waals surface area contributed by atoms with Crippen molar-refractivity contribution in [2.75, 3.05) is 7.05 Å². The highest BCUT2D eigenvalue weighted by molar-refractivity contribution is 6.35. The number of benzene rings is 3. The van der Waals surface area contributed by atoms with Gasteiger partial charge in [0.1, 0.15) is 11.5 Å². The van der Waals surface area contributed by atoms with Gasteiger partial charge in [-0.25, -0.2) is 4.39 Å². The SMILES string of the molecule is CN(Cc1ccccc1)C1=C(c2ccc(Cl)cc2)C(=O)N(Cc2ccc(F)cc2)C1=O. The van der Waals surface area contributed by atoms with E-state index in [-0.39, 0.29) is 24.2 Å². The predicted octanol–water partition coefficient (Wildman–Crippen LogP) is 4.89. The van der Waals surface area contributed by atoms with Gasteiger partial charge in [0, 0.05) is 18.6 Å². The van der Waals surface area contributed by atoms with Crippen LogP contribution in [0.3, 0.4) is 0 Å². The van der Waals surface area contributed by atoms with Crippen molar-refractivity contribution >= 4 is 29.0 Å². The standard InChI is InChI=1S/C25H20ClFN2O2/c1-28(15-17-5-3-2-4-6-17)23-22(19-9-11-20(26)12-10-19)24(30)29(25(23)31)16-18-7-13-21(27)14-8-18/h2-14H,15-16H2,1H3. The van der Waals surface area contributed by atoms with Crippen LogP contribution >= 0.6 is 11.6 Å². The molecule has 2 amide bonds. The Labute approximate surface area is 185 Å². The molecule has 4 rings (SSSR count). The first-order valence-corrected chi connectivity index (χ1v) is 10.2. The molecule has 0 spiro atoms. The molecule has 156 valence electrons. The average molecular weight is 435 g/mol. The molecule has 0 atom stereocenters. The van der Waals surface area contributed by atoms with Crippen LogP contribution in [0, 0.1) is 5.82 Å². The topological polar surface area (TPSA) is 40.6 Å². The molecule has 3 aromatic rings. The summed E-state index contributed by atoms with van der Waals surface area (Å²) in [7, 11) is 1.80. The van der Waals surface area contributed by atoms with E-state index in [2.05, 4.69) is 0 Å². The van der Waals surface area contributed by atoms with Crippen LogP contribution in [0.4, 0.5) is 4.39 Å². The Balaban J connectivity index is 1.71. The molecule has 0 unspecified atom stereocenters. The summed E-state index contributed by atoms with van der Waals surface area (Å²) in [6, 6.07) is 22.4. The Bertz CT molecular complexity index is 1140. The molecular weight excluding hydrogens is 415 g/mol. The van der Waals surface area contributed by atoms with E-state index in [9.17, 15) is 14.0 Å². The minimum atomic E-state index is -0.383. The van der Waals surface area contributed by atoms with E-state index in [1.165, 1.54) is 17.0 Å². The van der Waals surface area contributed by atoms with E-state index >= 15 is 0 Å². The second-order valence-corrected chi connectivity index (χ2v) is 7.83. The third kappa shape index (κ3) is 4.37. The Kier molecular flexibility index (Phi) is 5.87. The van der Waals surface area contributed by atoms with Crippen molar-refractivity contribution < 1.29 is 14.0 Å². The van der Waals surface area contributed by atoms with Crippen molar-refractivity contribution in [1.82, 2.24) is 9.80 Å². The minimum Gasteiger partial charge on any atom is -0.365 e. The number of likely N-dealkylation sites (N-methyl/N-ethyl adjacent to an activating group) is 1. The average Bonchev–Trinajstić information content (AvgIpc) is 3.01. The summed E-state index contributed by atoms with van der Waals surface area (Å²) in [4.78, 5) is 29.7. The van der Waals surface area contributed by atoms with Crippen LogP contribution < -0.4 is 0 Å². The number of carbonyl (C=O) groups is 2. The lowest BCUT2D eigenvalue weighted by atomic mass is 10.0. The summed E-state index contributed by atoms with van der Waals surface area (Å²) in [6.07, 6.45) is 0. The first-order valence-electron chi connectivity index (χ1n) is 9.80. The monoisotopic (exact) mass is 434 g/mol. The molecule has 0 saturated carbocycles. The molecule has 6 heteroatoms. The third-order valence-corrected chi connectivity index (χ3v) is 5.43. The minimum absolute atomic E-state index is 0.0672. The smallest absolute Gasteiger partial charge is 0.278 e. The van der Waals surface area contributed by atoms with Crippen molar-refractivity contribution in [2.45, 2.75) is 13.1 Å². The molecule has 1 aliphatic heterocycles. The fraction of sp³-hybridized carbons (Fsp3) is 0.120. The van der Waals surface area contributed by atoms with E-state index in [0.717, 1.165) is 5.56 Å². The molecule has 0 bridgehead atoms. The quantitative estimate of drug-likeness (QED) is 0.518. The van der Waals surface area contributed by atoms with Crippen molar-refractivity contribution in [3.05, 3.63) is 112 Å². The van der Waals surface area contributed by atoms with Gasteiger partial charge in [0.25, 0.3) is 11.8 Å². The molecule has 0 aromatic heterocycles. The van der Waals surface area contributed by atoms with E-state index in [1.807, 2.05) is 30.3 Å². The molecule has 3 aromatic carbocycles. The zero-order chi connectivity index (χ0) is 22.0. The summed E-state index contributed by atoms with van der Waals surface area (Å²) in [5.41, 5.74) is 2.98. The number of nitrogens with zero attached hydrogens (tertiary/aromatic N) is 2. The van der Waals surface area contributed by atoms with Gasteiger partial charge in [-0.2, -0.15) is 0 Å². The van der Waals surface area contributed by atoms with Crippen molar-refractivity contribution in [2.24, 2.45) is 0 Å². The van der Waals surface area contributed by atoms with Gasteiger partial charge in [0.15, 0.2) is 0 Å². The lowest BCUT2D eigenvalue weighted by molar-refractivity contribution is -0.138. The summed E-state index contributed by atoms with van der Waals surface area (Å²) in [5, 5.41) is 0.545. The summed E-state index contributed by atoms with van der Waals surface area (Å²) < 4.78 is 13.3. The fourth-order valence-corrected chi connectivity index (χ4v) is 3.77. The maximum Gasteiger partial charge on any atom is 0.278 e. The Morgan fingerprint density at radius 3 is 2.13 bits per heavy atom. The molecule has 0 fully saturated rings. The second-order valence-electron chi connectivity index (χ2n) is 7.40. The Hall–Kier alpha value is -3.44. The first kappa shape index (κ1) is 20.8. The predicted molar refractivity (Wildman–Crippen MR) is 118 cm³/mol. The number of imide groups is 1. The maximum atomic E-state index is 13.4. The fourth-order valence-electron chi connectivity index (χ4n) is 3.65. The summed E-state index contributed by atoms with van der Waals surface area (Å²) in [6.45, 7) is 0.536. The first-order chi connectivity index (χ1) is 14.9. The van der Waals surface area contributed by atoms with Gasteiger partial charge in [-0.05, 0) is 41.0 Å². The number of hydrogen-bond acceptors (Lipinski definition) is 3. The molecule has 1 aliphatic rings. The van der Waals surface area contributed by atoms with Crippen LogP contribution in [0.2, 0.25) is 5.02 Å². The highest BCUT2D eigenvalue weighted by Gasteiger charge is 2.40. The van der Waals surface area contributed by atoms with Crippen LogP contribution in [0.25, 0.3) is 5.57 Å². The zero-order valence-electron chi connectivity index (χ0n) is 16.9. The van der Waals surface area contributed by atoms with Gasteiger partial charge in [-0.1, -0.05) is 66.2 Å².